The molecule has 1 fully saturated rings. The van der Waals surface area contributed by atoms with E-state index < -0.39 is 15.9 Å². The molecular weight excluding hydrogens is 546 g/mol. The monoisotopic (exact) mass is 581 g/mol. The van der Waals surface area contributed by atoms with E-state index in [0.717, 1.165) is 24.8 Å². The molecular formula is C30H35N3O7S. The molecule has 41 heavy (non-hydrogen) atoms. The van der Waals surface area contributed by atoms with Crippen molar-refractivity contribution >= 4 is 27.5 Å². The van der Waals surface area contributed by atoms with Crippen LogP contribution in [0.15, 0.2) is 65.6 Å². The fraction of sp³-hybridized carbons (Fsp3) is 0.333. The molecule has 1 aliphatic rings. The van der Waals surface area contributed by atoms with Crippen molar-refractivity contribution in [1.82, 2.24) is 10.2 Å². The van der Waals surface area contributed by atoms with Crippen LogP contribution in [0.2, 0.25) is 0 Å². The van der Waals surface area contributed by atoms with Crippen LogP contribution in [0.4, 0.5) is 5.69 Å². The molecule has 0 saturated carbocycles. The van der Waals surface area contributed by atoms with Crippen LogP contribution in [-0.4, -0.2) is 66.1 Å². The van der Waals surface area contributed by atoms with Gasteiger partial charge in [-0.3, -0.25) is 14.3 Å². The third kappa shape index (κ3) is 7.10. The molecule has 10 nitrogen and oxygen atoms in total. The Bertz CT molecular complexity index is 1500. The SMILES string of the molecule is COc1ccc(CCNC(=O)c2ccccc2NS(=O)(=O)c2ccc(OC)c(C(=O)N3CCCCC3)c2)cc1OC. The Labute approximate surface area is 240 Å². The van der Waals surface area contributed by atoms with Gasteiger partial charge in [0, 0.05) is 19.6 Å². The zero-order chi connectivity index (χ0) is 29.4. The molecule has 3 aromatic rings. The molecule has 1 heterocycles. The van der Waals surface area contributed by atoms with Crippen molar-refractivity contribution in [1.29, 1.82) is 0 Å². The number of piperidine rings is 1. The summed E-state index contributed by atoms with van der Waals surface area (Å²) < 4.78 is 45.3. The number of amides is 2. The zero-order valence-corrected chi connectivity index (χ0v) is 24.3. The third-order valence-electron chi connectivity index (χ3n) is 6.92. The summed E-state index contributed by atoms with van der Waals surface area (Å²) in [6.45, 7) is 1.55. The number of sulfonamides is 1. The van der Waals surface area contributed by atoms with E-state index in [4.69, 9.17) is 14.2 Å². The number of nitrogens with one attached hydrogen (secondary N) is 2. The highest BCUT2D eigenvalue weighted by molar-refractivity contribution is 7.92. The van der Waals surface area contributed by atoms with Crippen LogP contribution in [-0.2, 0) is 16.4 Å². The Kier molecular flexibility index (Phi) is 9.72. The number of para-hydroxylation sites is 1. The molecule has 0 spiro atoms. The number of nitrogens with zero attached hydrogens (tertiary/aromatic N) is 1. The molecule has 4 rings (SSSR count). The predicted molar refractivity (Wildman–Crippen MR) is 156 cm³/mol. The second-order valence-electron chi connectivity index (χ2n) is 9.56. The summed E-state index contributed by atoms with van der Waals surface area (Å²) in [5.41, 5.74) is 1.40. The van der Waals surface area contributed by atoms with Gasteiger partial charge in [-0.15, -0.1) is 0 Å². The maximum Gasteiger partial charge on any atom is 0.261 e. The molecule has 1 saturated heterocycles. The lowest BCUT2D eigenvalue weighted by molar-refractivity contribution is 0.0720. The number of carbonyl (C=O) groups excluding carboxylic acids is 2. The minimum absolute atomic E-state index is 0.109. The molecule has 0 atom stereocenters. The van der Waals surface area contributed by atoms with Gasteiger partial charge in [-0.2, -0.15) is 0 Å². The number of hydrogen-bond acceptors (Lipinski definition) is 7. The summed E-state index contributed by atoms with van der Waals surface area (Å²) in [7, 11) is 0.416. The van der Waals surface area contributed by atoms with Crippen molar-refractivity contribution in [2.75, 3.05) is 45.7 Å². The van der Waals surface area contributed by atoms with E-state index in [1.165, 1.54) is 31.4 Å². The van der Waals surface area contributed by atoms with Crippen molar-refractivity contribution in [2.24, 2.45) is 0 Å². The first-order valence-corrected chi connectivity index (χ1v) is 14.8. The van der Waals surface area contributed by atoms with Crippen LogP contribution in [0.25, 0.3) is 0 Å². The highest BCUT2D eigenvalue weighted by Crippen LogP contribution is 2.29. The van der Waals surface area contributed by atoms with Crippen LogP contribution in [0, 0.1) is 0 Å². The van der Waals surface area contributed by atoms with Gasteiger partial charge in [0.1, 0.15) is 5.75 Å². The maximum absolute atomic E-state index is 13.4. The third-order valence-corrected chi connectivity index (χ3v) is 8.28. The summed E-state index contributed by atoms with van der Waals surface area (Å²) in [6.07, 6.45) is 3.39. The molecule has 1 aliphatic heterocycles. The summed E-state index contributed by atoms with van der Waals surface area (Å²) in [5.74, 6) is 0.804. The zero-order valence-electron chi connectivity index (χ0n) is 23.4. The lowest BCUT2D eigenvalue weighted by atomic mass is 10.1. The van der Waals surface area contributed by atoms with Crippen LogP contribution < -0.4 is 24.2 Å². The molecule has 218 valence electrons. The number of anilines is 1. The van der Waals surface area contributed by atoms with Crippen LogP contribution in [0.1, 0.15) is 45.5 Å². The van der Waals surface area contributed by atoms with Crippen molar-refractivity contribution < 1.29 is 32.2 Å². The molecule has 2 amide bonds. The quantitative estimate of drug-likeness (QED) is 0.349. The van der Waals surface area contributed by atoms with Crippen molar-refractivity contribution in [3.8, 4) is 17.2 Å². The van der Waals surface area contributed by atoms with Gasteiger partial charge in [0.15, 0.2) is 11.5 Å². The Balaban J connectivity index is 1.49. The van der Waals surface area contributed by atoms with Crippen LogP contribution in [0.3, 0.4) is 0 Å². The standard InChI is InChI=1S/C30H35N3O7S/c1-38-26-14-12-22(20-24(26)30(35)33-17-7-4-8-18-33)41(36,37)32-25-10-6-5-9-23(25)29(34)31-16-15-21-11-13-27(39-2)28(19-21)40-3/h5-6,9-14,19-20,32H,4,7-8,15-18H2,1-3H3,(H,31,34). The summed E-state index contributed by atoms with van der Waals surface area (Å²) in [5, 5.41) is 2.84. The lowest BCUT2D eigenvalue weighted by Crippen LogP contribution is -2.35. The Hall–Kier alpha value is -4.25. The predicted octanol–water partition coefficient (Wildman–Crippen LogP) is 4.11. The van der Waals surface area contributed by atoms with Gasteiger partial charge in [0.05, 0.1) is 43.0 Å². The molecule has 0 bridgehead atoms. The molecule has 0 radical (unpaired) electrons. The van der Waals surface area contributed by atoms with Gasteiger partial charge in [-0.05, 0) is 73.7 Å². The van der Waals surface area contributed by atoms with E-state index in [1.54, 1.807) is 43.4 Å². The second-order valence-corrected chi connectivity index (χ2v) is 11.2. The average Bonchev–Trinajstić information content (AvgIpc) is 3.00. The molecule has 11 heteroatoms. The first-order valence-electron chi connectivity index (χ1n) is 13.4. The first-order chi connectivity index (χ1) is 19.8. The molecule has 2 N–H and O–H groups in total. The van der Waals surface area contributed by atoms with Gasteiger partial charge in [0.25, 0.3) is 21.8 Å². The summed E-state index contributed by atoms with van der Waals surface area (Å²) >= 11 is 0. The largest absolute Gasteiger partial charge is 0.496 e. The molecule has 0 aromatic heterocycles. The van der Waals surface area contributed by atoms with Crippen LogP contribution >= 0.6 is 0 Å². The Morgan fingerprint density at radius 2 is 1.49 bits per heavy atom. The maximum atomic E-state index is 13.4. The van der Waals surface area contributed by atoms with Crippen molar-refractivity contribution in [3.63, 3.8) is 0 Å². The average molecular weight is 582 g/mol. The van der Waals surface area contributed by atoms with Gasteiger partial charge < -0.3 is 24.4 Å². The van der Waals surface area contributed by atoms with E-state index >= 15 is 0 Å². The van der Waals surface area contributed by atoms with Crippen LogP contribution in [0.5, 0.6) is 17.2 Å². The number of rotatable bonds is 11. The van der Waals surface area contributed by atoms with E-state index in [9.17, 15) is 18.0 Å². The summed E-state index contributed by atoms with van der Waals surface area (Å²) in [4.78, 5) is 27.8. The molecule has 3 aromatic carbocycles. The molecule has 0 aliphatic carbocycles. The Morgan fingerprint density at radius 1 is 0.805 bits per heavy atom. The second kappa shape index (κ2) is 13.4. The van der Waals surface area contributed by atoms with Gasteiger partial charge in [0.2, 0.25) is 0 Å². The fourth-order valence-corrected chi connectivity index (χ4v) is 5.82. The normalized spacial score (nSPS) is 13.3. The number of likely N-dealkylation sites (tertiary alicyclic amines) is 1. The number of hydrogen-bond donors (Lipinski definition) is 2. The minimum atomic E-state index is -4.14. The number of ether oxygens (including phenoxy) is 3. The van der Waals surface area contributed by atoms with Gasteiger partial charge in [-0.25, -0.2) is 8.42 Å². The van der Waals surface area contributed by atoms with E-state index in [2.05, 4.69) is 10.0 Å². The lowest BCUT2D eigenvalue weighted by Gasteiger charge is -2.27. The van der Waals surface area contributed by atoms with Crippen molar-refractivity contribution in [2.45, 2.75) is 30.6 Å². The van der Waals surface area contributed by atoms with E-state index in [1.807, 2.05) is 12.1 Å². The van der Waals surface area contributed by atoms with Gasteiger partial charge >= 0.3 is 0 Å². The first kappa shape index (κ1) is 29.7. The Morgan fingerprint density at radius 3 is 2.20 bits per heavy atom. The minimum Gasteiger partial charge on any atom is -0.496 e. The number of methoxy groups -OCH3 is 3. The smallest absolute Gasteiger partial charge is 0.261 e. The van der Waals surface area contributed by atoms with E-state index in [-0.39, 0.29) is 27.6 Å². The number of benzene rings is 3. The van der Waals surface area contributed by atoms with Gasteiger partial charge in [-0.1, -0.05) is 18.2 Å². The highest BCUT2D eigenvalue weighted by atomic mass is 32.2. The number of carbonyl (C=O) groups is 2. The molecule has 0 unspecified atom stereocenters. The topological polar surface area (TPSA) is 123 Å². The fourth-order valence-electron chi connectivity index (χ4n) is 4.71. The highest BCUT2D eigenvalue weighted by Gasteiger charge is 2.25. The van der Waals surface area contributed by atoms with E-state index in [0.29, 0.717) is 43.3 Å². The van der Waals surface area contributed by atoms with Crippen molar-refractivity contribution in [3.05, 3.63) is 77.4 Å². The summed E-state index contributed by atoms with van der Waals surface area (Å²) in [6, 6.07) is 16.0.